The van der Waals surface area contributed by atoms with Gasteiger partial charge in [-0.1, -0.05) is 12.1 Å². The van der Waals surface area contributed by atoms with Crippen LogP contribution in [0.15, 0.2) is 24.3 Å². The molecule has 0 bridgehead atoms. The van der Waals surface area contributed by atoms with E-state index in [-0.39, 0.29) is 18.1 Å². The summed E-state index contributed by atoms with van der Waals surface area (Å²) in [7, 11) is 1.39. The number of nitrogens with two attached hydrogens (primary N) is 1. The summed E-state index contributed by atoms with van der Waals surface area (Å²) in [5.41, 5.74) is 7.10. The number of benzene rings is 1. The number of methoxy groups -OCH3 is 1. The van der Waals surface area contributed by atoms with E-state index in [0.29, 0.717) is 11.5 Å². The quantitative estimate of drug-likeness (QED) is 0.778. The van der Waals surface area contributed by atoms with E-state index in [2.05, 4.69) is 4.74 Å². The van der Waals surface area contributed by atoms with Gasteiger partial charge in [-0.2, -0.15) is 0 Å². The summed E-state index contributed by atoms with van der Waals surface area (Å²) < 4.78 is 10.1. The van der Waals surface area contributed by atoms with Crippen LogP contribution in [-0.4, -0.2) is 30.7 Å². The molecular formula is C14H21NO3S. The predicted octanol–water partition coefficient (Wildman–Crippen LogP) is 2.38. The first kappa shape index (κ1) is 15.9. The molecule has 0 aliphatic heterocycles. The van der Waals surface area contributed by atoms with Gasteiger partial charge in [-0.3, -0.25) is 4.79 Å². The summed E-state index contributed by atoms with van der Waals surface area (Å²) in [6, 6.07) is 7.66. The monoisotopic (exact) mass is 283 g/mol. The van der Waals surface area contributed by atoms with Gasteiger partial charge >= 0.3 is 5.97 Å². The van der Waals surface area contributed by atoms with Gasteiger partial charge in [0.15, 0.2) is 0 Å². The Morgan fingerprint density at radius 2 is 1.95 bits per heavy atom. The molecule has 1 unspecified atom stereocenters. The fourth-order valence-corrected chi connectivity index (χ4v) is 2.34. The summed E-state index contributed by atoms with van der Waals surface area (Å²) in [5, 5.41) is 0. The topological polar surface area (TPSA) is 61.5 Å². The third-order valence-electron chi connectivity index (χ3n) is 2.43. The molecular weight excluding hydrogens is 262 g/mol. The van der Waals surface area contributed by atoms with Gasteiger partial charge in [0.2, 0.25) is 0 Å². The molecule has 0 spiro atoms. The second kappa shape index (κ2) is 8.07. The summed E-state index contributed by atoms with van der Waals surface area (Å²) >= 11 is 1.47. The lowest BCUT2D eigenvalue weighted by molar-refractivity contribution is -0.137. The van der Waals surface area contributed by atoms with Crippen molar-refractivity contribution in [3.05, 3.63) is 29.8 Å². The number of carbonyl (C=O) groups excluding carboxylic acids is 1. The first-order valence-electron chi connectivity index (χ1n) is 6.19. The lowest BCUT2D eigenvalue weighted by Gasteiger charge is -2.13. The van der Waals surface area contributed by atoms with Crippen LogP contribution in [0.25, 0.3) is 0 Å². The molecule has 0 amide bonds. The fraction of sp³-hybridized carbons (Fsp3) is 0.500. The van der Waals surface area contributed by atoms with Gasteiger partial charge in [0.05, 0.1) is 19.0 Å². The maximum Gasteiger partial charge on any atom is 0.315 e. The molecule has 5 heteroatoms. The van der Waals surface area contributed by atoms with Crippen molar-refractivity contribution in [1.82, 2.24) is 0 Å². The van der Waals surface area contributed by atoms with Crippen LogP contribution < -0.4 is 10.5 Å². The molecule has 0 saturated heterocycles. The summed E-state index contributed by atoms with van der Waals surface area (Å²) in [6.45, 7) is 3.98. The minimum Gasteiger partial charge on any atom is -0.491 e. The van der Waals surface area contributed by atoms with Gasteiger partial charge in [0, 0.05) is 11.8 Å². The molecule has 0 aliphatic rings. The third kappa shape index (κ3) is 5.98. The van der Waals surface area contributed by atoms with Crippen LogP contribution in [-0.2, 0) is 9.53 Å². The van der Waals surface area contributed by atoms with Gasteiger partial charge in [-0.25, -0.2) is 0 Å². The van der Waals surface area contributed by atoms with Crippen molar-refractivity contribution in [2.75, 3.05) is 18.6 Å². The lowest BCUT2D eigenvalue weighted by Crippen LogP contribution is -2.15. The van der Waals surface area contributed by atoms with Crippen molar-refractivity contribution in [2.45, 2.75) is 26.0 Å². The van der Waals surface area contributed by atoms with Crippen LogP contribution in [0.3, 0.4) is 0 Å². The first-order valence-corrected chi connectivity index (χ1v) is 7.35. The average molecular weight is 283 g/mol. The van der Waals surface area contributed by atoms with Crippen molar-refractivity contribution in [3.63, 3.8) is 0 Å². The van der Waals surface area contributed by atoms with Gasteiger partial charge in [0.1, 0.15) is 5.75 Å². The largest absolute Gasteiger partial charge is 0.491 e. The van der Waals surface area contributed by atoms with Gasteiger partial charge in [0.25, 0.3) is 0 Å². The molecule has 106 valence electrons. The average Bonchev–Trinajstić information content (AvgIpc) is 2.38. The molecule has 0 aromatic heterocycles. The SMILES string of the molecule is COC(=O)CSCC(N)c1ccc(OC(C)C)cc1. The number of hydrogen-bond donors (Lipinski definition) is 1. The Bertz CT molecular complexity index is 392. The highest BCUT2D eigenvalue weighted by molar-refractivity contribution is 7.99. The second-order valence-electron chi connectivity index (χ2n) is 4.43. The Morgan fingerprint density at radius 1 is 1.32 bits per heavy atom. The number of esters is 1. The van der Waals surface area contributed by atoms with E-state index in [1.54, 1.807) is 0 Å². The molecule has 2 N–H and O–H groups in total. The lowest BCUT2D eigenvalue weighted by atomic mass is 10.1. The van der Waals surface area contributed by atoms with Crippen LogP contribution >= 0.6 is 11.8 Å². The summed E-state index contributed by atoms with van der Waals surface area (Å²) in [5.74, 6) is 1.63. The predicted molar refractivity (Wildman–Crippen MR) is 78.5 cm³/mol. The Balaban J connectivity index is 2.44. The van der Waals surface area contributed by atoms with Crippen LogP contribution in [0.5, 0.6) is 5.75 Å². The molecule has 0 saturated carbocycles. The van der Waals surface area contributed by atoms with Crippen molar-refractivity contribution in [1.29, 1.82) is 0 Å². The third-order valence-corrected chi connectivity index (χ3v) is 3.46. The zero-order valence-electron chi connectivity index (χ0n) is 11.6. The number of hydrogen-bond acceptors (Lipinski definition) is 5. The zero-order valence-corrected chi connectivity index (χ0v) is 12.4. The molecule has 1 rings (SSSR count). The van der Waals surface area contributed by atoms with Crippen molar-refractivity contribution in [3.8, 4) is 5.75 Å². The van der Waals surface area contributed by atoms with E-state index >= 15 is 0 Å². The van der Waals surface area contributed by atoms with Gasteiger partial charge in [-0.05, 0) is 31.5 Å². The van der Waals surface area contributed by atoms with E-state index in [1.165, 1.54) is 18.9 Å². The molecule has 0 radical (unpaired) electrons. The highest BCUT2D eigenvalue weighted by Crippen LogP contribution is 2.20. The Morgan fingerprint density at radius 3 is 2.47 bits per heavy atom. The Labute approximate surface area is 118 Å². The molecule has 1 atom stereocenters. The number of rotatable bonds is 7. The van der Waals surface area contributed by atoms with Crippen LogP contribution in [0, 0.1) is 0 Å². The summed E-state index contributed by atoms with van der Waals surface area (Å²) in [4.78, 5) is 11.0. The summed E-state index contributed by atoms with van der Waals surface area (Å²) in [6.07, 6.45) is 0.162. The van der Waals surface area contributed by atoms with Crippen LogP contribution in [0.4, 0.5) is 0 Å². The molecule has 0 fully saturated rings. The normalized spacial score (nSPS) is 12.3. The minimum atomic E-state index is -0.224. The molecule has 0 aliphatic carbocycles. The van der Waals surface area contributed by atoms with Crippen molar-refractivity contribution in [2.24, 2.45) is 5.73 Å². The fourth-order valence-electron chi connectivity index (χ4n) is 1.49. The van der Waals surface area contributed by atoms with Crippen molar-refractivity contribution >= 4 is 17.7 Å². The van der Waals surface area contributed by atoms with Gasteiger partial charge < -0.3 is 15.2 Å². The number of carbonyl (C=O) groups is 1. The Kier molecular flexibility index (Phi) is 6.73. The highest BCUT2D eigenvalue weighted by atomic mass is 32.2. The number of ether oxygens (including phenoxy) is 2. The van der Waals surface area contributed by atoms with Crippen LogP contribution in [0.1, 0.15) is 25.5 Å². The standard InChI is InChI=1S/C14H21NO3S/c1-10(2)18-12-6-4-11(5-7-12)13(15)8-19-9-14(16)17-3/h4-7,10,13H,8-9,15H2,1-3H3. The van der Waals surface area contributed by atoms with Crippen molar-refractivity contribution < 1.29 is 14.3 Å². The molecule has 4 nitrogen and oxygen atoms in total. The smallest absolute Gasteiger partial charge is 0.315 e. The minimum absolute atomic E-state index is 0.0947. The maximum atomic E-state index is 11.0. The van der Waals surface area contributed by atoms with E-state index in [9.17, 15) is 4.79 Å². The molecule has 1 aromatic rings. The van der Waals surface area contributed by atoms with Gasteiger partial charge in [-0.15, -0.1) is 11.8 Å². The maximum absolute atomic E-state index is 11.0. The van der Waals surface area contributed by atoms with E-state index < -0.39 is 0 Å². The number of thioether (sulfide) groups is 1. The Hall–Kier alpha value is -1.20. The molecule has 1 aromatic carbocycles. The highest BCUT2D eigenvalue weighted by Gasteiger charge is 2.08. The first-order chi connectivity index (χ1) is 9.02. The van der Waals surface area contributed by atoms with E-state index in [4.69, 9.17) is 10.5 Å². The molecule has 19 heavy (non-hydrogen) atoms. The zero-order chi connectivity index (χ0) is 14.3. The van der Waals surface area contributed by atoms with Crippen LogP contribution in [0.2, 0.25) is 0 Å². The van der Waals surface area contributed by atoms with E-state index in [0.717, 1.165) is 11.3 Å². The van der Waals surface area contributed by atoms with E-state index in [1.807, 2.05) is 38.1 Å². The molecule has 0 heterocycles. The second-order valence-corrected chi connectivity index (χ2v) is 5.46.